The number of aromatic nitrogens is 2. The summed E-state index contributed by atoms with van der Waals surface area (Å²) in [5, 5.41) is 7.37. The van der Waals surface area contributed by atoms with Crippen molar-refractivity contribution in [3.63, 3.8) is 0 Å². The molecule has 1 aliphatic rings. The predicted molar refractivity (Wildman–Crippen MR) is 126 cm³/mol. The number of fused-ring (bicyclic) bond motifs is 1. The number of guanidine groups is 1. The van der Waals surface area contributed by atoms with Gasteiger partial charge in [-0.05, 0) is 43.7 Å². The monoisotopic (exact) mass is 425 g/mol. The molecule has 1 fully saturated rings. The molecule has 0 aliphatic heterocycles. The molecule has 0 spiro atoms. The standard InChI is InChI=1S/C23H35N7O/c1-14-9-10-16-15(13-14)19(28-17-7-5-6-8-18(17)29-22(24)25)30-20(27-16)21(31)26-12-11-23(2,3)4/h9-10,13,17-18H,5-8,11-12H2,1-4H3,(H,26,31)(H4,24,25,29)(H,27,28,30)/t17-,18+/m1/s1. The molecule has 1 amide bonds. The van der Waals surface area contributed by atoms with Crippen LogP contribution in [0.15, 0.2) is 23.2 Å². The summed E-state index contributed by atoms with van der Waals surface area (Å²) in [5.74, 6) is 0.652. The molecule has 1 saturated carbocycles. The van der Waals surface area contributed by atoms with Gasteiger partial charge in [0, 0.05) is 11.9 Å². The third-order valence-electron chi connectivity index (χ3n) is 5.58. The van der Waals surface area contributed by atoms with Crippen LogP contribution in [0.1, 0.15) is 69.1 Å². The average Bonchev–Trinajstić information content (AvgIpc) is 2.68. The fraction of sp³-hybridized carbons (Fsp3) is 0.565. The van der Waals surface area contributed by atoms with E-state index < -0.39 is 0 Å². The first kappa shape index (κ1) is 22.8. The number of rotatable bonds is 6. The van der Waals surface area contributed by atoms with Gasteiger partial charge in [0.05, 0.1) is 17.6 Å². The highest BCUT2D eigenvalue weighted by molar-refractivity contribution is 5.96. The van der Waals surface area contributed by atoms with Gasteiger partial charge in [-0.1, -0.05) is 45.2 Å². The lowest BCUT2D eigenvalue weighted by molar-refractivity contribution is 0.0939. The maximum atomic E-state index is 12.8. The molecule has 3 rings (SSSR count). The summed E-state index contributed by atoms with van der Waals surface area (Å²) in [6.45, 7) is 9.04. The smallest absolute Gasteiger partial charge is 0.289 e. The van der Waals surface area contributed by atoms with E-state index in [0.717, 1.165) is 48.6 Å². The van der Waals surface area contributed by atoms with E-state index in [9.17, 15) is 4.79 Å². The molecule has 0 radical (unpaired) electrons. The van der Waals surface area contributed by atoms with Gasteiger partial charge >= 0.3 is 0 Å². The third-order valence-corrected chi connectivity index (χ3v) is 5.58. The Kier molecular flexibility index (Phi) is 6.97. The number of anilines is 1. The molecule has 31 heavy (non-hydrogen) atoms. The van der Waals surface area contributed by atoms with Crippen LogP contribution in [-0.2, 0) is 0 Å². The minimum absolute atomic E-state index is 0.0161. The molecule has 2 aromatic rings. The maximum Gasteiger partial charge on any atom is 0.289 e. The normalized spacial score (nSPS) is 19.1. The van der Waals surface area contributed by atoms with Crippen molar-refractivity contribution in [1.29, 1.82) is 0 Å². The summed E-state index contributed by atoms with van der Waals surface area (Å²) in [6.07, 6.45) is 4.91. The number of hydrogen-bond donors (Lipinski definition) is 4. The molecular formula is C23H35N7O. The number of carbonyl (C=O) groups excluding carboxylic acids is 1. The quantitative estimate of drug-likeness (QED) is 0.415. The molecule has 0 bridgehead atoms. The molecule has 1 aliphatic carbocycles. The lowest BCUT2D eigenvalue weighted by Gasteiger charge is -2.30. The molecule has 6 N–H and O–H groups in total. The topological polar surface area (TPSA) is 131 Å². The number of aliphatic imine (C=N–C) groups is 1. The minimum atomic E-state index is -0.265. The second kappa shape index (κ2) is 9.49. The Morgan fingerprint density at radius 1 is 1.19 bits per heavy atom. The Bertz CT molecular complexity index is 960. The number of nitrogens with zero attached hydrogens (tertiary/aromatic N) is 3. The van der Waals surface area contributed by atoms with Gasteiger partial charge < -0.3 is 22.1 Å². The minimum Gasteiger partial charge on any atom is -0.370 e. The number of aryl methyl sites for hydroxylation is 1. The van der Waals surface area contributed by atoms with E-state index in [0.29, 0.717) is 12.4 Å². The Balaban J connectivity index is 1.90. The Morgan fingerprint density at radius 2 is 1.94 bits per heavy atom. The second-order valence-electron chi connectivity index (χ2n) is 9.64. The van der Waals surface area contributed by atoms with E-state index >= 15 is 0 Å². The van der Waals surface area contributed by atoms with Gasteiger partial charge in [-0.15, -0.1) is 0 Å². The lowest BCUT2D eigenvalue weighted by Crippen LogP contribution is -2.38. The maximum absolute atomic E-state index is 12.8. The van der Waals surface area contributed by atoms with Crippen LogP contribution in [0.4, 0.5) is 5.82 Å². The van der Waals surface area contributed by atoms with Crippen LogP contribution in [0.25, 0.3) is 10.9 Å². The Hall–Kier alpha value is -2.90. The Labute approximate surface area is 184 Å². The van der Waals surface area contributed by atoms with Crippen LogP contribution in [0, 0.1) is 12.3 Å². The highest BCUT2D eigenvalue weighted by Gasteiger charge is 2.26. The molecule has 8 heteroatoms. The van der Waals surface area contributed by atoms with Crippen molar-refractivity contribution in [3.05, 3.63) is 29.6 Å². The predicted octanol–water partition coefficient (Wildman–Crippen LogP) is 3.10. The first-order valence-electron chi connectivity index (χ1n) is 11.0. The molecule has 1 aromatic carbocycles. The van der Waals surface area contributed by atoms with Crippen molar-refractivity contribution in [2.24, 2.45) is 21.9 Å². The molecule has 168 valence electrons. The zero-order chi connectivity index (χ0) is 22.6. The third kappa shape index (κ3) is 6.29. The molecule has 0 saturated heterocycles. The van der Waals surface area contributed by atoms with Crippen LogP contribution in [0.3, 0.4) is 0 Å². The fourth-order valence-corrected chi connectivity index (χ4v) is 3.89. The summed E-state index contributed by atoms with van der Waals surface area (Å²) in [6, 6.07) is 5.99. The number of benzene rings is 1. The molecule has 0 unspecified atom stereocenters. The van der Waals surface area contributed by atoms with Crippen LogP contribution in [0.2, 0.25) is 0 Å². The van der Waals surface area contributed by atoms with Crippen molar-refractivity contribution in [1.82, 2.24) is 15.3 Å². The van der Waals surface area contributed by atoms with Gasteiger partial charge in [-0.3, -0.25) is 4.79 Å². The van der Waals surface area contributed by atoms with Crippen LogP contribution >= 0.6 is 0 Å². The van der Waals surface area contributed by atoms with E-state index in [2.05, 4.69) is 46.4 Å². The molecule has 1 aromatic heterocycles. The van der Waals surface area contributed by atoms with Gasteiger partial charge in [0.1, 0.15) is 5.82 Å². The average molecular weight is 426 g/mol. The van der Waals surface area contributed by atoms with Crippen molar-refractivity contribution in [2.45, 2.75) is 71.9 Å². The van der Waals surface area contributed by atoms with Crippen molar-refractivity contribution in [3.8, 4) is 0 Å². The van der Waals surface area contributed by atoms with Crippen molar-refractivity contribution in [2.75, 3.05) is 11.9 Å². The number of hydrogen-bond acceptors (Lipinski definition) is 5. The van der Waals surface area contributed by atoms with Gasteiger partial charge in [0.15, 0.2) is 5.96 Å². The SMILES string of the molecule is Cc1ccc2nc(C(=O)NCCC(C)(C)C)nc(N[C@@H]3CCCC[C@@H]3N=C(N)N)c2c1. The summed E-state index contributed by atoms with van der Waals surface area (Å²) in [4.78, 5) is 26.3. The lowest BCUT2D eigenvalue weighted by atomic mass is 9.90. The highest BCUT2D eigenvalue weighted by Crippen LogP contribution is 2.28. The highest BCUT2D eigenvalue weighted by atomic mass is 16.2. The van der Waals surface area contributed by atoms with E-state index in [1.807, 2.05) is 25.1 Å². The van der Waals surface area contributed by atoms with Crippen LogP contribution < -0.4 is 22.1 Å². The Morgan fingerprint density at radius 3 is 2.65 bits per heavy atom. The fourth-order valence-electron chi connectivity index (χ4n) is 3.89. The van der Waals surface area contributed by atoms with E-state index in [1.165, 1.54) is 0 Å². The van der Waals surface area contributed by atoms with E-state index in [-0.39, 0.29) is 35.2 Å². The first-order valence-corrected chi connectivity index (χ1v) is 11.0. The largest absolute Gasteiger partial charge is 0.370 e. The number of amides is 1. The van der Waals surface area contributed by atoms with Gasteiger partial charge in [0.2, 0.25) is 5.82 Å². The van der Waals surface area contributed by atoms with Gasteiger partial charge in [0.25, 0.3) is 5.91 Å². The summed E-state index contributed by atoms with van der Waals surface area (Å²) < 4.78 is 0. The zero-order valence-corrected chi connectivity index (χ0v) is 19.0. The number of nitrogens with one attached hydrogen (secondary N) is 2. The summed E-state index contributed by atoms with van der Waals surface area (Å²) in [5.41, 5.74) is 13.3. The van der Waals surface area contributed by atoms with Crippen molar-refractivity contribution < 1.29 is 4.79 Å². The molecular weight excluding hydrogens is 390 g/mol. The number of carbonyl (C=O) groups is 1. The number of nitrogens with two attached hydrogens (primary N) is 2. The summed E-state index contributed by atoms with van der Waals surface area (Å²) >= 11 is 0. The van der Waals surface area contributed by atoms with E-state index in [1.54, 1.807) is 0 Å². The second-order valence-corrected chi connectivity index (χ2v) is 9.64. The summed E-state index contributed by atoms with van der Waals surface area (Å²) in [7, 11) is 0. The molecule has 2 atom stereocenters. The van der Waals surface area contributed by atoms with Crippen LogP contribution in [-0.4, -0.2) is 40.5 Å². The van der Waals surface area contributed by atoms with Gasteiger partial charge in [-0.25, -0.2) is 15.0 Å². The molecule has 1 heterocycles. The van der Waals surface area contributed by atoms with E-state index in [4.69, 9.17) is 11.5 Å². The first-order chi connectivity index (χ1) is 14.6. The molecule has 8 nitrogen and oxygen atoms in total. The van der Waals surface area contributed by atoms with Crippen LogP contribution in [0.5, 0.6) is 0 Å². The zero-order valence-electron chi connectivity index (χ0n) is 19.0. The van der Waals surface area contributed by atoms with Gasteiger partial charge in [-0.2, -0.15) is 0 Å². The van der Waals surface area contributed by atoms with Crippen molar-refractivity contribution >= 4 is 28.6 Å².